The number of nitrogens with one attached hydrogen (secondary N) is 1. The molecule has 1 aliphatic heterocycles. The van der Waals surface area contributed by atoms with Crippen LogP contribution in [0.25, 0.3) is 0 Å². The lowest BCUT2D eigenvalue weighted by Crippen LogP contribution is -2.47. The van der Waals surface area contributed by atoms with Crippen molar-refractivity contribution in [3.05, 3.63) is 59.5 Å². The molecular formula is C16H18N2O2. The molecule has 1 aromatic heterocycles. The second-order valence-corrected chi connectivity index (χ2v) is 5.23. The van der Waals surface area contributed by atoms with E-state index >= 15 is 0 Å². The first-order valence-electron chi connectivity index (χ1n) is 6.80. The molecule has 0 radical (unpaired) electrons. The molecule has 2 aromatic rings. The molecule has 1 amide bonds. The molecule has 0 saturated heterocycles. The van der Waals surface area contributed by atoms with E-state index in [1.165, 1.54) is 11.1 Å². The molecule has 0 bridgehead atoms. The molecule has 3 rings (SSSR count). The number of rotatable bonds is 3. The van der Waals surface area contributed by atoms with Gasteiger partial charge in [0.05, 0.1) is 18.6 Å². The summed E-state index contributed by atoms with van der Waals surface area (Å²) in [5, 5.41) is 3.32. The monoisotopic (exact) mass is 270 g/mol. The standard InChI is InChI=1S/C16H18N2O2/c1-18(10-12-6-7-20-11-12)16(19)15-8-13-4-2-3-5-14(13)9-17-15/h2-7,11,15,17H,8-10H2,1H3/t15-/m0/s1. The highest BCUT2D eigenvalue weighted by atomic mass is 16.3. The zero-order chi connectivity index (χ0) is 13.9. The Balaban J connectivity index is 1.66. The molecule has 104 valence electrons. The Hall–Kier alpha value is -2.07. The van der Waals surface area contributed by atoms with Gasteiger partial charge in [0, 0.05) is 25.7 Å². The first-order valence-corrected chi connectivity index (χ1v) is 6.80. The van der Waals surface area contributed by atoms with Crippen LogP contribution in [0.3, 0.4) is 0 Å². The van der Waals surface area contributed by atoms with Crippen LogP contribution in [-0.2, 0) is 24.3 Å². The molecule has 2 heterocycles. The number of fused-ring (bicyclic) bond motifs is 1. The summed E-state index contributed by atoms with van der Waals surface area (Å²) in [5.41, 5.74) is 3.56. The van der Waals surface area contributed by atoms with Crippen LogP contribution in [0, 0.1) is 0 Å². The number of hydrogen-bond acceptors (Lipinski definition) is 3. The summed E-state index contributed by atoms with van der Waals surface area (Å²) in [4.78, 5) is 14.2. The lowest BCUT2D eigenvalue weighted by atomic mass is 9.95. The summed E-state index contributed by atoms with van der Waals surface area (Å²) in [6, 6.07) is 10.0. The SMILES string of the molecule is CN(Cc1ccoc1)C(=O)[C@@H]1Cc2ccccc2CN1. The Morgan fingerprint density at radius 2 is 2.15 bits per heavy atom. The fraction of sp³-hybridized carbons (Fsp3) is 0.312. The molecule has 4 heteroatoms. The van der Waals surface area contributed by atoms with E-state index in [0.29, 0.717) is 6.54 Å². The Labute approximate surface area is 118 Å². The molecule has 0 aliphatic carbocycles. The summed E-state index contributed by atoms with van der Waals surface area (Å²) in [6.45, 7) is 1.33. The van der Waals surface area contributed by atoms with Crippen molar-refractivity contribution in [2.24, 2.45) is 0 Å². The first-order chi connectivity index (χ1) is 9.74. The third-order valence-corrected chi connectivity index (χ3v) is 3.76. The number of amides is 1. The van der Waals surface area contributed by atoms with Crippen LogP contribution in [0.5, 0.6) is 0 Å². The summed E-state index contributed by atoms with van der Waals surface area (Å²) >= 11 is 0. The van der Waals surface area contributed by atoms with E-state index in [-0.39, 0.29) is 11.9 Å². The van der Waals surface area contributed by atoms with Crippen LogP contribution >= 0.6 is 0 Å². The number of furan rings is 1. The van der Waals surface area contributed by atoms with Crippen molar-refractivity contribution in [3.8, 4) is 0 Å². The van der Waals surface area contributed by atoms with Crippen LogP contribution in [0.1, 0.15) is 16.7 Å². The van der Waals surface area contributed by atoms with Gasteiger partial charge < -0.3 is 14.6 Å². The van der Waals surface area contributed by atoms with Gasteiger partial charge in [-0.1, -0.05) is 24.3 Å². The van der Waals surface area contributed by atoms with Crippen molar-refractivity contribution in [3.63, 3.8) is 0 Å². The smallest absolute Gasteiger partial charge is 0.240 e. The lowest BCUT2D eigenvalue weighted by Gasteiger charge is -2.28. The Kier molecular flexibility index (Phi) is 3.56. The van der Waals surface area contributed by atoms with Crippen LogP contribution in [0.15, 0.2) is 47.3 Å². The fourth-order valence-electron chi connectivity index (χ4n) is 2.63. The van der Waals surface area contributed by atoms with Crippen LogP contribution < -0.4 is 5.32 Å². The zero-order valence-corrected chi connectivity index (χ0v) is 11.5. The van der Waals surface area contributed by atoms with E-state index in [4.69, 9.17) is 4.42 Å². The topological polar surface area (TPSA) is 45.5 Å². The van der Waals surface area contributed by atoms with Crippen molar-refractivity contribution >= 4 is 5.91 Å². The molecule has 1 aromatic carbocycles. The van der Waals surface area contributed by atoms with Gasteiger partial charge in [0.25, 0.3) is 0 Å². The molecule has 1 aliphatic rings. The number of likely N-dealkylation sites (N-methyl/N-ethyl adjacent to an activating group) is 1. The summed E-state index contributed by atoms with van der Waals surface area (Å²) < 4.78 is 5.03. The summed E-state index contributed by atoms with van der Waals surface area (Å²) in [7, 11) is 1.83. The van der Waals surface area contributed by atoms with Gasteiger partial charge in [0.2, 0.25) is 5.91 Å². The zero-order valence-electron chi connectivity index (χ0n) is 11.5. The number of benzene rings is 1. The molecule has 20 heavy (non-hydrogen) atoms. The highest BCUT2D eigenvalue weighted by Gasteiger charge is 2.26. The highest BCUT2D eigenvalue weighted by molar-refractivity contribution is 5.82. The Morgan fingerprint density at radius 3 is 2.90 bits per heavy atom. The van der Waals surface area contributed by atoms with E-state index in [1.54, 1.807) is 17.4 Å². The Bertz CT molecular complexity index is 592. The quantitative estimate of drug-likeness (QED) is 0.927. The van der Waals surface area contributed by atoms with Crippen LogP contribution in [-0.4, -0.2) is 23.9 Å². The molecule has 0 saturated carbocycles. The lowest BCUT2D eigenvalue weighted by molar-refractivity contribution is -0.132. The molecule has 4 nitrogen and oxygen atoms in total. The maximum atomic E-state index is 12.5. The predicted molar refractivity (Wildman–Crippen MR) is 76.0 cm³/mol. The normalized spacial score (nSPS) is 17.6. The van der Waals surface area contributed by atoms with Gasteiger partial charge in [-0.3, -0.25) is 4.79 Å². The van der Waals surface area contributed by atoms with Gasteiger partial charge in [-0.05, 0) is 23.6 Å². The third kappa shape index (κ3) is 2.60. The molecule has 0 unspecified atom stereocenters. The highest BCUT2D eigenvalue weighted by Crippen LogP contribution is 2.17. The number of carbonyl (C=O) groups is 1. The van der Waals surface area contributed by atoms with Crippen molar-refractivity contribution < 1.29 is 9.21 Å². The van der Waals surface area contributed by atoms with E-state index in [2.05, 4.69) is 17.4 Å². The average Bonchev–Trinajstić information content (AvgIpc) is 2.99. The third-order valence-electron chi connectivity index (χ3n) is 3.76. The number of hydrogen-bond donors (Lipinski definition) is 1. The van der Waals surface area contributed by atoms with Gasteiger partial charge in [-0.15, -0.1) is 0 Å². The van der Waals surface area contributed by atoms with Crippen molar-refractivity contribution in [2.45, 2.75) is 25.6 Å². The summed E-state index contributed by atoms with van der Waals surface area (Å²) in [5.74, 6) is 0.126. The minimum Gasteiger partial charge on any atom is -0.472 e. The Morgan fingerprint density at radius 1 is 1.35 bits per heavy atom. The number of carbonyl (C=O) groups excluding carboxylic acids is 1. The van der Waals surface area contributed by atoms with E-state index in [0.717, 1.165) is 18.5 Å². The molecular weight excluding hydrogens is 252 g/mol. The second kappa shape index (κ2) is 5.51. The van der Waals surface area contributed by atoms with Gasteiger partial charge in [-0.2, -0.15) is 0 Å². The maximum Gasteiger partial charge on any atom is 0.240 e. The van der Waals surface area contributed by atoms with Crippen molar-refractivity contribution in [1.29, 1.82) is 0 Å². The minimum absolute atomic E-state index is 0.126. The van der Waals surface area contributed by atoms with Crippen LogP contribution in [0.4, 0.5) is 0 Å². The maximum absolute atomic E-state index is 12.5. The van der Waals surface area contributed by atoms with Gasteiger partial charge in [-0.25, -0.2) is 0 Å². The van der Waals surface area contributed by atoms with E-state index in [1.807, 2.05) is 25.2 Å². The van der Waals surface area contributed by atoms with Gasteiger partial charge in [0.15, 0.2) is 0 Å². The minimum atomic E-state index is -0.137. The molecule has 1 N–H and O–H groups in total. The first kappa shape index (κ1) is 12.9. The summed E-state index contributed by atoms with van der Waals surface area (Å²) in [6.07, 6.45) is 4.06. The number of nitrogens with zero attached hydrogens (tertiary/aromatic N) is 1. The second-order valence-electron chi connectivity index (χ2n) is 5.23. The predicted octanol–water partition coefficient (Wildman–Crippen LogP) is 1.95. The van der Waals surface area contributed by atoms with Gasteiger partial charge >= 0.3 is 0 Å². The van der Waals surface area contributed by atoms with Gasteiger partial charge in [0.1, 0.15) is 0 Å². The molecule has 1 atom stereocenters. The van der Waals surface area contributed by atoms with Crippen molar-refractivity contribution in [1.82, 2.24) is 10.2 Å². The van der Waals surface area contributed by atoms with Crippen LogP contribution in [0.2, 0.25) is 0 Å². The largest absolute Gasteiger partial charge is 0.472 e. The average molecular weight is 270 g/mol. The molecule has 0 fully saturated rings. The van der Waals surface area contributed by atoms with E-state index < -0.39 is 0 Å². The fourth-order valence-corrected chi connectivity index (χ4v) is 2.63. The van der Waals surface area contributed by atoms with Crippen molar-refractivity contribution in [2.75, 3.05) is 7.05 Å². The van der Waals surface area contributed by atoms with E-state index in [9.17, 15) is 4.79 Å². The molecule has 0 spiro atoms.